The Morgan fingerprint density at radius 1 is 1.17 bits per heavy atom. The fraction of sp³-hybridized carbons (Fsp3) is 0.722. The molecule has 11 nitrogen and oxygen atoms in total. The van der Waals surface area contributed by atoms with Crippen molar-refractivity contribution in [2.75, 3.05) is 0 Å². The Hall–Kier alpha value is -2.85. The summed E-state index contributed by atoms with van der Waals surface area (Å²) in [5.41, 5.74) is 0. The number of hydrogen-bond donors (Lipinski definition) is 3. The SMILES string of the molecule is CC(C)C(OC(=O)ON1C(=O)CCC1=O)C(CCCC(=O)O)C1NC(=O)NC1C. The van der Waals surface area contributed by atoms with Crippen molar-refractivity contribution in [3.63, 3.8) is 0 Å². The molecule has 0 aromatic heterocycles. The zero-order valence-electron chi connectivity index (χ0n) is 16.7. The van der Waals surface area contributed by atoms with Crippen LogP contribution >= 0.6 is 0 Å². The van der Waals surface area contributed by atoms with Crippen LogP contribution in [-0.2, 0) is 24.0 Å². The zero-order chi connectivity index (χ0) is 21.7. The van der Waals surface area contributed by atoms with Crippen LogP contribution in [0.25, 0.3) is 0 Å². The Labute approximate surface area is 168 Å². The summed E-state index contributed by atoms with van der Waals surface area (Å²) in [5, 5.41) is 14.9. The highest BCUT2D eigenvalue weighted by molar-refractivity contribution is 6.01. The average Bonchev–Trinajstić information content (AvgIpc) is 3.12. The normalized spacial score (nSPS) is 23.6. The summed E-state index contributed by atoms with van der Waals surface area (Å²) >= 11 is 0. The molecule has 2 aliphatic heterocycles. The van der Waals surface area contributed by atoms with Crippen molar-refractivity contribution in [1.29, 1.82) is 0 Å². The van der Waals surface area contributed by atoms with Crippen LogP contribution in [0.1, 0.15) is 52.9 Å². The lowest BCUT2D eigenvalue weighted by molar-refractivity contribution is -0.180. The lowest BCUT2D eigenvalue weighted by Crippen LogP contribution is -2.48. The summed E-state index contributed by atoms with van der Waals surface area (Å²) in [7, 11) is 0. The number of nitrogens with zero attached hydrogens (tertiary/aromatic N) is 1. The molecule has 0 aromatic carbocycles. The molecule has 162 valence electrons. The summed E-state index contributed by atoms with van der Waals surface area (Å²) in [5.74, 6) is -2.79. The Morgan fingerprint density at radius 2 is 1.79 bits per heavy atom. The van der Waals surface area contributed by atoms with Crippen molar-refractivity contribution >= 4 is 30.0 Å². The number of carboxylic acids is 1. The highest BCUT2D eigenvalue weighted by Gasteiger charge is 2.42. The van der Waals surface area contributed by atoms with E-state index in [-0.39, 0.29) is 37.3 Å². The third-order valence-electron chi connectivity index (χ3n) is 5.07. The van der Waals surface area contributed by atoms with E-state index < -0.39 is 42.0 Å². The van der Waals surface area contributed by atoms with Crippen molar-refractivity contribution in [2.45, 2.75) is 71.1 Å². The molecule has 0 saturated carbocycles. The van der Waals surface area contributed by atoms with Gasteiger partial charge >= 0.3 is 18.2 Å². The molecule has 0 radical (unpaired) electrons. The molecule has 2 saturated heterocycles. The van der Waals surface area contributed by atoms with Crippen LogP contribution in [0.15, 0.2) is 0 Å². The van der Waals surface area contributed by atoms with E-state index in [2.05, 4.69) is 10.6 Å². The Morgan fingerprint density at radius 3 is 2.28 bits per heavy atom. The third-order valence-corrected chi connectivity index (χ3v) is 5.07. The highest BCUT2D eigenvalue weighted by atomic mass is 16.8. The number of rotatable bonds is 9. The fourth-order valence-corrected chi connectivity index (χ4v) is 3.71. The van der Waals surface area contributed by atoms with Gasteiger partial charge in [0.2, 0.25) is 0 Å². The van der Waals surface area contributed by atoms with E-state index in [4.69, 9.17) is 14.7 Å². The standard InChI is InChI=1S/C18H27N3O8/c1-9(2)16(28-18(27)29-21-12(22)7-8-13(21)23)11(5-4-6-14(24)25)15-10(3)19-17(26)20-15/h9-11,15-16H,4-8H2,1-3H3,(H,24,25)(H2,19,20,26). The molecule has 11 heteroatoms. The van der Waals surface area contributed by atoms with E-state index in [1.807, 2.05) is 13.8 Å². The molecule has 2 rings (SSSR count). The molecule has 0 bridgehead atoms. The number of hydrogen-bond acceptors (Lipinski definition) is 7. The summed E-state index contributed by atoms with van der Waals surface area (Å²) in [4.78, 5) is 63.0. The van der Waals surface area contributed by atoms with Gasteiger partial charge in [0.25, 0.3) is 11.8 Å². The van der Waals surface area contributed by atoms with Gasteiger partial charge in [-0.15, -0.1) is 0 Å². The van der Waals surface area contributed by atoms with Crippen molar-refractivity contribution in [2.24, 2.45) is 11.8 Å². The number of carbonyl (C=O) groups is 5. The van der Waals surface area contributed by atoms with Gasteiger partial charge in [-0.05, 0) is 25.7 Å². The molecule has 2 fully saturated rings. The molecule has 4 unspecified atom stereocenters. The maximum Gasteiger partial charge on any atom is 0.534 e. The van der Waals surface area contributed by atoms with Crippen LogP contribution in [0.5, 0.6) is 0 Å². The summed E-state index contributed by atoms with van der Waals surface area (Å²) in [6, 6.07) is -1.02. The van der Waals surface area contributed by atoms with E-state index in [9.17, 15) is 24.0 Å². The van der Waals surface area contributed by atoms with Crippen molar-refractivity contribution in [1.82, 2.24) is 15.7 Å². The summed E-state index contributed by atoms with van der Waals surface area (Å²) in [6.07, 6.45) is -1.36. The maximum absolute atomic E-state index is 12.3. The number of ether oxygens (including phenoxy) is 1. The first-order chi connectivity index (χ1) is 13.6. The van der Waals surface area contributed by atoms with E-state index in [0.717, 1.165) is 0 Å². The molecule has 4 amide bonds. The largest absolute Gasteiger partial charge is 0.534 e. The van der Waals surface area contributed by atoms with Gasteiger partial charge in [0.05, 0.1) is 6.04 Å². The van der Waals surface area contributed by atoms with Gasteiger partial charge in [0.15, 0.2) is 0 Å². The van der Waals surface area contributed by atoms with Gasteiger partial charge < -0.3 is 20.5 Å². The monoisotopic (exact) mass is 413 g/mol. The Kier molecular flexibility index (Phi) is 7.40. The topological polar surface area (TPSA) is 151 Å². The van der Waals surface area contributed by atoms with Gasteiger partial charge in [-0.2, -0.15) is 0 Å². The van der Waals surface area contributed by atoms with Crippen LogP contribution in [0.2, 0.25) is 0 Å². The lowest BCUT2D eigenvalue weighted by atomic mass is 9.81. The number of aliphatic carboxylic acids is 1. The van der Waals surface area contributed by atoms with Gasteiger partial charge in [-0.3, -0.25) is 19.2 Å². The van der Waals surface area contributed by atoms with Crippen LogP contribution in [0.4, 0.5) is 9.59 Å². The minimum absolute atomic E-state index is 0.0329. The quantitative estimate of drug-likeness (QED) is 0.376. The molecule has 0 spiro atoms. The van der Waals surface area contributed by atoms with Crippen LogP contribution in [0.3, 0.4) is 0 Å². The second kappa shape index (κ2) is 9.57. The lowest BCUT2D eigenvalue weighted by Gasteiger charge is -2.34. The molecule has 0 aliphatic carbocycles. The maximum atomic E-state index is 12.3. The Balaban J connectivity index is 2.13. The van der Waals surface area contributed by atoms with Crippen LogP contribution < -0.4 is 10.6 Å². The predicted octanol–water partition coefficient (Wildman–Crippen LogP) is 1.17. The Bertz CT molecular complexity index is 664. The molecule has 3 N–H and O–H groups in total. The summed E-state index contributed by atoms with van der Waals surface area (Å²) in [6.45, 7) is 5.41. The second-order valence-corrected chi connectivity index (χ2v) is 7.63. The minimum Gasteiger partial charge on any atom is -0.481 e. The number of carbonyl (C=O) groups excluding carboxylic acids is 4. The van der Waals surface area contributed by atoms with Crippen molar-refractivity contribution in [3.05, 3.63) is 0 Å². The highest BCUT2D eigenvalue weighted by Crippen LogP contribution is 2.29. The molecule has 2 aliphatic rings. The molecular formula is C18H27N3O8. The number of amides is 4. The first-order valence-corrected chi connectivity index (χ1v) is 9.63. The molecule has 2 heterocycles. The second-order valence-electron chi connectivity index (χ2n) is 7.63. The van der Waals surface area contributed by atoms with Gasteiger partial charge in [0.1, 0.15) is 6.10 Å². The smallest absolute Gasteiger partial charge is 0.481 e. The first kappa shape index (κ1) is 22.4. The van der Waals surface area contributed by atoms with Gasteiger partial charge in [0, 0.05) is 31.2 Å². The number of carboxylic acid groups (broad SMARTS) is 1. The average molecular weight is 413 g/mol. The molecule has 29 heavy (non-hydrogen) atoms. The fourth-order valence-electron chi connectivity index (χ4n) is 3.71. The number of nitrogens with one attached hydrogen (secondary N) is 2. The number of imide groups is 1. The van der Waals surface area contributed by atoms with E-state index >= 15 is 0 Å². The molecule has 0 aromatic rings. The van der Waals surface area contributed by atoms with E-state index in [1.165, 1.54) is 0 Å². The van der Waals surface area contributed by atoms with Crippen LogP contribution in [-0.4, -0.2) is 58.3 Å². The van der Waals surface area contributed by atoms with Crippen molar-refractivity contribution in [3.8, 4) is 0 Å². The molecule has 4 atom stereocenters. The van der Waals surface area contributed by atoms with E-state index in [1.54, 1.807) is 6.92 Å². The number of urea groups is 1. The zero-order valence-corrected chi connectivity index (χ0v) is 16.7. The number of hydroxylamine groups is 2. The van der Waals surface area contributed by atoms with Gasteiger partial charge in [-0.1, -0.05) is 18.9 Å². The minimum atomic E-state index is -1.19. The summed E-state index contributed by atoms with van der Waals surface area (Å²) < 4.78 is 5.45. The van der Waals surface area contributed by atoms with Gasteiger partial charge in [-0.25, -0.2) is 9.59 Å². The third kappa shape index (κ3) is 5.81. The first-order valence-electron chi connectivity index (χ1n) is 9.63. The molecular weight excluding hydrogens is 386 g/mol. The van der Waals surface area contributed by atoms with Crippen LogP contribution in [0, 0.1) is 11.8 Å². The van der Waals surface area contributed by atoms with E-state index in [0.29, 0.717) is 17.9 Å². The predicted molar refractivity (Wildman–Crippen MR) is 97.2 cm³/mol. The van der Waals surface area contributed by atoms with Crippen molar-refractivity contribution < 1.29 is 38.7 Å².